The van der Waals surface area contributed by atoms with Crippen LogP contribution in [-0.2, 0) is 0 Å². The van der Waals surface area contributed by atoms with E-state index >= 15 is 0 Å². The van der Waals surface area contributed by atoms with Crippen molar-refractivity contribution < 1.29 is 83.4 Å². The van der Waals surface area contributed by atoms with Gasteiger partial charge in [0.25, 0.3) is 0 Å². The molecule has 0 aliphatic heterocycles. The molecule has 0 amide bonds. The summed E-state index contributed by atoms with van der Waals surface area (Å²) in [6, 6.07) is -6.69. The maximum Gasteiger partial charge on any atom is 0.392 e. The molecule has 0 aromatic rings. The number of nitrogens with two attached hydrogens (primary N) is 2. The summed E-state index contributed by atoms with van der Waals surface area (Å²) in [5, 5.41) is 0. The van der Waals surface area contributed by atoms with Crippen LogP contribution in [0.2, 0.25) is 0 Å². The van der Waals surface area contributed by atoms with Gasteiger partial charge in [0.2, 0.25) is 6.43 Å². The molecule has 0 heterocycles. The second-order valence-corrected chi connectivity index (χ2v) is 7.34. The van der Waals surface area contributed by atoms with E-state index in [2.05, 4.69) is 5.73 Å². The molecule has 4 N–H and O–H groups in total. The Morgan fingerprint density at radius 1 is 0.486 bits per heavy atom. The summed E-state index contributed by atoms with van der Waals surface area (Å²) >= 11 is 0. The monoisotopic (exact) mass is 600 g/mol. The molecule has 0 saturated carbocycles. The molecule has 0 aliphatic rings. The molecule has 37 heavy (non-hydrogen) atoms. The lowest BCUT2D eigenvalue weighted by molar-refractivity contribution is -0.441. The highest BCUT2D eigenvalue weighted by Gasteiger charge is 2.92. The fraction of sp³-hybridized carbons (Fsp3) is 1.00. The van der Waals surface area contributed by atoms with E-state index in [4.69, 9.17) is 5.73 Å². The summed E-state index contributed by atoms with van der Waals surface area (Å²) in [4.78, 5) is 0. The van der Waals surface area contributed by atoms with Gasteiger partial charge in [0.15, 0.2) is 0 Å². The molecule has 0 unspecified atom stereocenters. The number of hydrogen-bond donors (Lipinski definition) is 2. The van der Waals surface area contributed by atoms with E-state index in [0.29, 0.717) is 13.0 Å². The number of rotatable bonds is 13. The van der Waals surface area contributed by atoms with Gasteiger partial charge in [-0.05, 0) is 25.8 Å². The summed E-state index contributed by atoms with van der Waals surface area (Å²) in [6.07, 6.45) is -14.5. The van der Waals surface area contributed by atoms with Gasteiger partial charge in [-0.2, -0.15) is 74.6 Å². The van der Waals surface area contributed by atoms with Gasteiger partial charge in [0.1, 0.15) is 0 Å². The fourth-order valence-corrected chi connectivity index (χ4v) is 2.13. The van der Waals surface area contributed by atoms with Crippen LogP contribution in [0.1, 0.15) is 38.5 Å². The first-order chi connectivity index (χ1) is 16.0. The van der Waals surface area contributed by atoms with Crippen molar-refractivity contribution >= 4 is 0 Å². The van der Waals surface area contributed by atoms with Crippen LogP contribution < -0.4 is 11.5 Å². The standard InChI is InChI=1S/C12H10F17N.C4H9F2N/c13-5(14,3-1-2-4-6(15,16)17)7(18,19)8(20,21)9(22,23)10(24,25)11(26,27)12(28,29)30;5-4(6)2-1-3-7/h1-4,30H2;4H,1-3,7H2. The van der Waals surface area contributed by atoms with Crippen molar-refractivity contribution in [1.29, 1.82) is 0 Å². The Balaban J connectivity index is 0. The molecule has 0 bridgehead atoms. The van der Waals surface area contributed by atoms with E-state index < -0.39 is 79.9 Å². The van der Waals surface area contributed by atoms with Crippen molar-refractivity contribution in [3.63, 3.8) is 0 Å². The third-order valence-corrected chi connectivity index (χ3v) is 4.28. The molecular weight excluding hydrogens is 581 g/mol. The van der Waals surface area contributed by atoms with Gasteiger partial charge in [-0.25, -0.2) is 8.78 Å². The predicted molar refractivity (Wildman–Crippen MR) is 87.6 cm³/mol. The first kappa shape index (κ1) is 37.7. The maximum absolute atomic E-state index is 13.4. The Hall–Kier alpha value is -1.41. The summed E-state index contributed by atoms with van der Waals surface area (Å²) in [5.74, 6) is -46.1. The van der Waals surface area contributed by atoms with Crippen LogP contribution in [0, 0.1) is 0 Å². The molecular formula is C16H19F19N2. The molecule has 0 fully saturated rings. The maximum atomic E-state index is 13.4. The predicted octanol–water partition coefficient (Wildman–Crippen LogP) is 7.46. The highest BCUT2D eigenvalue weighted by atomic mass is 19.4. The Morgan fingerprint density at radius 3 is 1.14 bits per heavy atom. The summed E-state index contributed by atoms with van der Waals surface area (Å²) in [5.41, 5.74) is 8.12. The average molecular weight is 600 g/mol. The average Bonchev–Trinajstić information content (AvgIpc) is 2.67. The van der Waals surface area contributed by atoms with Gasteiger partial charge in [-0.1, -0.05) is 0 Å². The smallest absolute Gasteiger partial charge is 0.330 e. The van der Waals surface area contributed by atoms with Crippen LogP contribution in [0.5, 0.6) is 0 Å². The Kier molecular flexibility index (Phi) is 12.4. The van der Waals surface area contributed by atoms with Gasteiger partial charge in [-0.3, -0.25) is 5.73 Å². The van der Waals surface area contributed by atoms with E-state index in [1.807, 2.05) is 0 Å². The van der Waals surface area contributed by atoms with E-state index in [-0.39, 0.29) is 6.42 Å². The van der Waals surface area contributed by atoms with Crippen LogP contribution in [0.4, 0.5) is 83.4 Å². The first-order valence-electron chi connectivity index (χ1n) is 9.46. The quantitative estimate of drug-likeness (QED) is 0.131. The lowest BCUT2D eigenvalue weighted by Crippen LogP contribution is -2.74. The van der Waals surface area contributed by atoms with Crippen LogP contribution in [0.3, 0.4) is 0 Å². The molecule has 0 aromatic carbocycles. The van der Waals surface area contributed by atoms with Crippen molar-refractivity contribution in [2.24, 2.45) is 11.5 Å². The zero-order valence-electron chi connectivity index (χ0n) is 17.9. The number of halogens is 19. The molecule has 21 heteroatoms. The molecule has 2 nitrogen and oxygen atoms in total. The molecule has 0 saturated heterocycles. The van der Waals surface area contributed by atoms with Gasteiger partial charge < -0.3 is 5.73 Å². The molecule has 0 spiro atoms. The normalized spacial score (nSPS) is 15.1. The minimum absolute atomic E-state index is 0.0590. The largest absolute Gasteiger partial charge is 0.392 e. The van der Waals surface area contributed by atoms with Gasteiger partial charge in [0, 0.05) is 19.3 Å². The third kappa shape index (κ3) is 8.54. The van der Waals surface area contributed by atoms with Crippen LogP contribution in [0.15, 0.2) is 0 Å². The number of unbranched alkanes of at least 4 members (excludes halogenated alkanes) is 1. The van der Waals surface area contributed by atoms with Crippen molar-refractivity contribution in [2.45, 2.75) is 92.7 Å². The summed E-state index contributed by atoms with van der Waals surface area (Å²) in [6.45, 7) is 0.365. The van der Waals surface area contributed by atoms with Crippen molar-refractivity contribution in [3.05, 3.63) is 0 Å². The minimum Gasteiger partial charge on any atom is -0.330 e. The molecule has 226 valence electrons. The first-order valence-corrected chi connectivity index (χ1v) is 9.46. The molecule has 0 aliphatic carbocycles. The minimum atomic E-state index is -8.23. The van der Waals surface area contributed by atoms with Crippen molar-refractivity contribution in [1.82, 2.24) is 0 Å². The SMILES string of the molecule is NC(F)(F)C(F)(F)C(F)(F)C(F)(F)C(F)(F)C(F)(F)C(F)(F)CCCCC(F)(F)F.NCCCC(F)F. The summed E-state index contributed by atoms with van der Waals surface area (Å²) in [7, 11) is 0. The van der Waals surface area contributed by atoms with E-state index in [0.717, 1.165) is 0 Å². The zero-order valence-corrected chi connectivity index (χ0v) is 17.9. The van der Waals surface area contributed by atoms with E-state index in [1.165, 1.54) is 0 Å². The molecule has 0 rings (SSSR count). The van der Waals surface area contributed by atoms with Gasteiger partial charge in [-0.15, -0.1) is 0 Å². The fourth-order valence-electron chi connectivity index (χ4n) is 2.13. The second-order valence-electron chi connectivity index (χ2n) is 7.34. The number of alkyl halides is 19. The van der Waals surface area contributed by atoms with E-state index in [1.54, 1.807) is 0 Å². The second kappa shape index (κ2) is 12.2. The molecule has 0 radical (unpaired) electrons. The highest BCUT2D eigenvalue weighted by molar-refractivity contribution is 5.13. The third-order valence-electron chi connectivity index (χ3n) is 4.28. The lowest BCUT2D eigenvalue weighted by Gasteiger charge is -2.42. The van der Waals surface area contributed by atoms with Crippen LogP contribution in [-0.4, -0.2) is 60.7 Å². The topological polar surface area (TPSA) is 52.0 Å². The highest BCUT2D eigenvalue weighted by Crippen LogP contribution is 2.62. The van der Waals surface area contributed by atoms with Gasteiger partial charge in [0.05, 0.1) is 0 Å². The Bertz CT molecular complexity index is 681. The molecule has 0 aromatic heterocycles. The van der Waals surface area contributed by atoms with Crippen molar-refractivity contribution in [2.75, 3.05) is 6.54 Å². The van der Waals surface area contributed by atoms with E-state index in [9.17, 15) is 83.4 Å². The lowest BCUT2D eigenvalue weighted by atomic mass is 9.89. The Morgan fingerprint density at radius 2 is 0.838 bits per heavy atom. The van der Waals surface area contributed by atoms with Crippen LogP contribution >= 0.6 is 0 Å². The van der Waals surface area contributed by atoms with Crippen LogP contribution in [0.25, 0.3) is 0 Å². The van der Waals surface area contributed by atoms with Crippen molar-refractivity contribution in [3.8, 4) is 0 Å². The zero-order chi connectivity index (χ0) is 30.5. The van der Waals surface area contributed by atoms with Gasteiger partial charge >= 0.3 is 47.8 Å². The molecule has 0 atom stereocenters. The number of hydrogen-bond acceptors (Lipinski definition) is 2. The Labute approximate surface area is 195 Å². The summed E-state index contributed by atoms with van der Waals surface area (Å²) < 4.78 is 241.